The molecule has 0 saturated carbocycles. The summed E-state index contributed by atoms with van der Waals surface area (Å²) in [5, 5.41) is 25.0. The van der Waals surface area contributed by atoms with E-state index in [9.17, 15) is 0 Å². The summed E-state index contributed by atoms with van der Waals surface area (Å²) in [6.07, 6.45) is 0.353. The van der Waals surface area contributed by atoms with Crippen LogP contribution >= 0.6 is 0 Å². The third kappa shape index (κ3) is 18.3. The molecule has 0 aliphatic carbocycles. The summed E-state index contributed by atoms with van der Waals surface area (Å²) >= 11 is 0. The van der Waals surface area contributed by atoms with E-state index in [-0.39, 0.29) is 0 Å². The molecule has 0 bridgehead atoms. The summed E-state index contributed by atoms with van der Waals surface area (Å²) < 4.78 is 0. The Labute approximate surface area is 78.2 Å². The second-order valence-corrected chi connectivity index (χ2v) is 2.79. The lowest BCUT2D eigenvalue weighted by Crippen LogP contribution is -2.21. The third-order valence-corrected chi connectivity index (χ3v) is 1.41. The molecule has 0 aromatic rings. The SMILES string of the molecule is CCCCC(O)C(C)O.NC(=O)O. The van der Waals surface area contributed by atoms with Crippen LogP contribution in [0.25, 0.3) is 0 Å². The van der Waals surface area contributed by atoms with Gasteiger partial charge in [-0.25, -0.2) is 4.79 Å². The van der Waals surface area contributed by atoms with Gasteiger partial charge in [-0.3, -0.25) is 0 Å². The zero-order valence-corrected chi connectivity index (χ0v) is 8.10. The molecule has 0 aromatic heterocycles. The Bertz CT molecular complexity index is 123. The highest BCUT2D eigenvalue weighted by atomic mass is 16.4. The van der Waals surface area contributed by atoms with Crippen molar-refractivity contribution < 1.29 is 20.1 Å². The predicted octanol–water partition coefficient (Wildman–Crippen LogP) is 0.541. The number of carbonyl (C=O) groups is 1. The minimum atomic E-state index is -1.33. The molecule has 0 aromatic carbocycles. The van der Waals surface area contributed by atoms with Gasteiger partial charge >= 0.3 is 6.09 Å². The van der Waals surface area contributed by atoms with Gasteiger partial charge in [0.25, 0.3) is 0 Å². The molecule has 5 heteroatoms. The first-order valence-corrected chi connectivity index (χ1v) is 4.26. The van der Waals surface area contributed by atoms with Crippen LogP contribution in [0.5, 0.6) is 0 Å². The number of amides is 1. The summed E-state index contributed by atoms with van der Waals surface area (Å²) in [7, 11) is 0. The number of aliphatic hydroxyl groups is 2. The molecule has 2 atom stereocenters. The molecular weight excluding hydrogens is 174 g/mol. The van der Waals surface area contributed by atoms with Crippen molar-refractivity contribution in [2.24, 2.45) is 5.73 Å². The number of nitrogens with two attached hydrogens (primary N) is 1. The molecule has 0 spiro atoms. The molecule has 0 rings (SSSR count). The molecule has 80 valence electrons. The summed E-state index contributed by atoms with van der Waals surface area (Å²) in [6.45, 7) is 3.68. The second-order valence-electron chi connectivity index (χ2n) is 2.79. The van der Waals surface area contributed by atoms with Crippen molar-refractivity contribution in [2.75, 3.05) is 0 Å². The van der Waals surface area contributed by atoms with E-state index in [4.69, 9.17) is 20.1 Å². The number of aliphatic hydroxyl groups excluding tert-OH is 2. The van der Waals surface area contributed by atoms with Crippen LogP contribution < -0.4 is 5.73 Å². The Hall–Kier alpha value is -0.810. The smallest absolute Gasteiger partial charge is 0.402 e. The van der Waals surface area contributed by atoms with Crippen LogP contribution in [0.4, 0.5) is 4.79 Å². The summed E-state index contributed by atoms with van der Waals surface area (Å²) in [5.41, 5.74) is 4.03. The van der Waals surface area contributed by atoms with Crippen LogP contribution in [0.1, 0.15) is 33.1 Å². The van der Waals surface area contributed by atoms with Crippen LogP contribution in [0.2, 0.25) is 0 Å². The molecule has 0 heterocycles. The van der Waals surface area contributed by atoms with E-state index in [0.717, 1.165) is 12.8 Å². The highest BCUT2D eigenvalue weighted by Crippen LogP contribution is 2.03. The number of hydrogen-bond acceptors (Lipinski definition) is 3. The summed E-state index contributed by atoms with van der Waals surface area (Å²) in [4.78, 5) is 8.78. The highest BCUT2D eigenvalue weighted by Gasteiger charge is 2.08. The Balaban J connectivity index is 0. The van der Waals surface area contributed by atoms with Crippen molar-refractivity contribution >= 4 is 6.09 Å². The molecule has 5 nitrogen and oxygen atoms in total. The predicted molar refractivity (Wildman–Crippen MR) is 49.4 cm³/mol. The number of hydrogen-bond donors (Lipinski definition) is 4. The highest BCUT2D eigenvalue weighted by molar-refractivity contribution is 5.61. The standard InChI is InChI=1S/C7H16O2.CH3NO2/c1-3-4-5-7(9)6(2)8;2-1(3)4/h6-9H,3-5H2,1-2H3;2H2,(H,3,4). The van der Waals surface area contributed by atoms with Crippen LogP contribution in [0.3, 0.4) is 0 Å². The molecule has 5 N–H and O–H groups in total. The normalized spacial score (nSPS) is 13.8. The first kappa shape index (κ1) is 14.7. The first-order valence-electron chi connectivity index (χ1n) is 4.26. The quantitative estimate of drug-likeness (QED) is 0.523. The molecule has 0 aliphatic heterocycles. The number of carboxylic acid groups (broad SMARTS) is 1. The van der Waals surface area contributed by atoms with Gasteiger partial charge in [-0.1, -0.05) is 19.8 Å². The van der Waals surface area contributed by atoms with Crippen molar-refractivity contribution in [3.63, 3.8) is 0 Å². The monoisotopic (exact) mass is 193 g/mol. The summed E-state index contributed by atoms with van der Waals surface area (Å²) in [5.74, 6) is 0. The molecule has 2 unspecified atom stereocenters. The lowest BCUT2D eigenvalue weighted by atomic mass is 10.1. The van der Waals surface area contributed by atoms with Gasteiger partial charge in [0, 0.05) is 0 Å². The third-order valence-electron chi connectivity index (χ3n) is 1.41. The van der Waals surface area contributed by atoms with Gasteiger partial charge in [0.2, 0.25) is 0 Å². The largest absolute Gasteiger partial charge is 0.465 e. The topological polar surface area (TPSA) is 104 Å². The van der Waals surface area contributed by atoms with Gasteiger partial charge in [-0.2, -0.15) is 0 Å². The Morgan fingerprint density at radius 1 is 1.46 bits per heavy atom. The van der Waals surface area contributed by atoms with Crippen molar-refractivity contribution in [2.45, 2.75) is 45.3 Å². The molecule has 0 radical (unpaired) electrons. The van der Waals surface area contributed by atoms with Gasteiger partial charge < -0.3 is 21.1 Å². The molecule has 0 aliphatic rings. The zero-order chi connectivity index (χ0) is 10.9. The van der Waals surface area contributed by atoms with Crippen LogP contribution in [0.15, 0.2) is 0 Å². The Kier molecular flexibility index (Phi) is 10.5. The zero-order valence-electron chi connectivity index (χ0n) is 8.10. The van der Waals surface area contributed by atoms with E-state index >= 15 is 0 Å². The molecule has 0 saturated heterocycles. The Morgan fingerprint density at radius 3 is 2.08 bits per heavy atom. The second kappa shape index (κ2) is 9.28. The van der Waals surface area contributed by atoms with Gasteiger partial charge in [-0.15, -0.1) is 0 Å². The number of primary amides is 1. The fourth-order valence-electron chi connectivity index (χ4n) is 0.654. The molecule has 1 amide bonds. The van der Waals surface area contributed by atoms with Gasteiger partial charge in [-0.05, 0) is 13.3 Å². The number of unbranched alkanes of at least 4 members (excludes halogenated alkanes) is 1. The van der Waals surface area contributed by atoms with E-state index in [1.807, 2.05) is 0 Å². The lowest BCUT2D eigenvalue weighted by molar-refractivity contribution is 0.0250. The van der Waals surface area contributed by atoms with E-state index in [0.29, 0.717) is 6.42 Å². The fourth-order valence-corrected chi connectivity index (χ4v) is 0.654. The van der Waals surface area contributed by atoms with E-state index < -0.39 is 18.3 Å². The average Bonchev–Trinajstić information content (AvgIpc) is 1.98. The van der Waals surface area contributed by atoms with E-state index in [1.54, 1.807) is 6.92 Å². The van der Waals surface area contributed by atoms with Crippen molar-refractivity contribution in [1.82, 2.24) is 0 Å². The maximum atomic E-state index is 9.01. The van der Waals surface area contributed by atoms with Crippen LogP contribution in [-0.2, 0) is 0 Å². The van der Waals surface area contributed by atoms with Gasteiger partial charge in [0.1, 0.15) is 0 Å². The van der Waals surface area contributed by atoms with Crippen molar-refractivity contribution in [3.8, 4) is 0 Å². The van der Waals surface area contributed by atoms with Crippen molar-refractivity contribution in [3.05, 3.63) is 0 Å². The van der Waals surface area contributed by atoms with Crippen LogP contribution in [0, 0.1) is 0 Å². The Morgan fingerprint density at radius 2 is 1.85 bits per heavy atom. The minimum absolute atomic E-state index is 0.523. The van der Waals surface area contributed by atoms with E-state index in [1.165, 1.54) is 0 Å². The first-order chi connectivity index (χ1) is 5.91. The van der Waals surface area contributed by atoms with E-state index in [2.05, 4.69) is 12.7 Å². The molecular formula is C8H19NO4. The lowest BCUT2D eigenvalue weighted by Gasteiger charge is -2.11. The van der Waals surface area contributed by atoms with Crippen LogP contribution in [-0.4, -0.2) is 33.6 Å². The van der Waals surface area contributed by atoms with Crippen molar-refractivity contribution in [1.29, 1.82) is 0 Å². The molecule has 13 heavy (non-hydrogen) atoms. The molecule has 0 fully saturated rings. The number of rotatable bonds is 4. The maximum absolute atomic E-state index is 9.01. The van der Waals surface area contributed by atoms with Gasteiger partial charge in [0.05, 0.1) is 12.2 Å². The average molecular weight is 193 g/mol. The fraction of sp³-hybridized carbons (Fsp3) is 0.875. The minimum Gasteiger partial charge on any atom is -0.465 e. The van der Waals surface area contributed by atoms with Gasteiger partial charge in [0.15, 0.2) is 0 Å². The summed E-state index contributed by atoms with van der Waals surface area (Å²) in [6, 6.07) is 0. The maximum Gasteiger partial charge on any atom is 0.402 e.